The molecule has 142 valence electrons. The van der Waals surface area contributed by atoms with Gasteiger partial charge in [-0.05, 0) is 24.1 Å². The van der Waals surface area contributed by atoms with Crippen LogP contribution in [-0.4, -0.2) is 43.0 Å². The highest BCUT2D eigenvalue weighted by Gasteiger charge is 2.39. The van der Waals surface area contributed by atoms with Crippen LogP contribution < -0.4 is 10.2 Å². The zero-order valence-electron chi connectivity index (χ0n) is 15.6. The second kappa shape index (κ2) is 7.66. The van der Waals surface area contributed by atoms with E-state index in [0.29, 0.717) is 18.8 Å². The Morgan fingerprint density at radius 2 is 1.93 bits per heavy atom. The number of piperidine rings is 1. The fraction of sp³-hybridized carbons (Fsp3) is 0.429. The molecule has 1 amide bonds. The highest BCUT2D eigenvalue weighted by atomic mass is 16.7. The Bertz CT molecular complexity index is 808. The predicted molar refractivity (Wildman–Crippen MR) is 104 cm³/mol. The van der Waals surface area contributed by atoms with Gasteiger partial charge < -0.3 is 19.7 Å². The van der Waals surface area contributed by atoms with Crippen molar-refractivity contribution in [3.05, 3.63) is 53.9 Å². The van der Waals surface area contributed by atoms with E-state index in [1.54, 1.807) is 6.20 Å². The zero-order chi connectivity index (χ0) is 18.7. The predicted octanol–water partition coefficient (Wildman–Crippen LogP) is 3.24. The summed E-state index contributed by atoms with van der Waals surface area (Å²) in [6.07, 6.45) is 5.95. The molecule has 0 unspecified atom stereocenters. The molecule has 3 heterocycles. The van der Waals surface area contributed by atoms with Gasteiger partial charge in [-0.25, -0.2) is 0 Å². The summed E-state index contributed by atoms with van der Waals surface area (Å²) in [6.45, 7) is 5.08. The molecular formula is C21H25N3O3. The van der Waals surface area contributed by atoms with Gasteiger partial charge >= 0.3 is 0 Å². The largest absolute Gasteiger partial charge is 0.370 e. The Labute approximate surface area is 159 Å². The molecule has 1 N–H and O–H groups in total. The number of hydrogen-bond acceptors (Lipinski definition) is 5. The molecule has 0 bridgehead atoms. The van der Waals surface area contributed by atoms with Crippen LogP contribution in [0, 0.1) is 0 Å². The summed E-state index contributed by atoms with van der Waals surface area (Å²) in [4.78, 5) is 19.2. The Hall–Kier alpha value is -2.44. The molecule has 4 rings (SSSR count). The molecule has 2 aliphatic heterocycles. The summed E-state index contributed by atoms with van der Waals surface area (Å²) in [6, 6.07) is 9.78. The average molecular weight is 367 g/mol. The molecule has 6 heteroatoms. The number of hydrogen-bond donors (Lipinski definition) is 1. The van der Waals surface area contributed by atoms with Gasteiger partial charge in [-0.1, -0.05) is 25.1 Å². The van der Waals surface area contributed by atoms with Crippen molar-refractivity contribution in [2.24, 2.45) is 0 Å². The minimum absolute atomic E-state index is 0.138. The molecule has 0 aliphatic carbocycles. The lowest BCUT2D eigenvalue weighted by molar-refractivity contribution is -0.169. The van der Waals surface area contributed by atoms with Crippen LogP contribution in [0.2, 0.25) is 0 Å². The van der Waals surface area contributed by atoms with E-state index < -0.39 is 5.79 Å². The number of anilines is 2. The first-order valence-corrected chi connectivity index (χ1v) is 9.56. The van der Waals surface area contributed by atoms with E-state index in [0.717, 1.165) is 49.3 Å². The molecule has 2 saturated heterocycles. The molecular weight excluding hydrogens is 342 g/mol. The fourth-order valence-corrected chi connectivity index (χ4v) is 3.76. The van der Waals surface area contributed by atoms with Crippen LogP contribution in [0.15, 0.2) is 42.7 Å². The topological polar surface area (TPSA) is 63.7 Å². The van der Waals surface area contributed by atoms with Crippen molar-refractivity contribution >= 4 is 17.3 Å². The molecule has 0 radical (unpaired) electrons. The van der Waals surface area contributed by atoms with Gasteiger partial charge in [0.15, 0.2) is 5.79 Å². The monoisotopic (exact) mass is 367 g/mol. The third-order valence-corrected chi connectivity index (χ3v) is 5.34. The van der Waals surface area contributed by atoms with E-state index in [2.05, 4.69) is 22.1 Å². The first-order valence-electron chi connectivity index (χ1n) is 9.56. The number of aryl methyl sites for hydroxylation is 1. The fourth-order valence-electron chi connectivity index (χ4n) is 3.76. The summed E-state index contributed by atoms with van der Waals surface area (Å²) in [5.74, 6) is -0.538. The Balaban J connectivity index is 1.45. The van der Waals surface area contributed by atoms with E-state index in [1.807, 2.05) is 36.5 Å². The molecule has 1 aromatic heterocycles. The standard InChI is InChI=1S/C21H25N3O3/c1-2-16-5-3-4-6-19(16)23-20(25)17-13-18(15-22-14-17)24-9-7-21(8-10-24)26-11-12-27-21/h3-6,13-15H,2,7-12H2,1H3,(H,23,25). The van der Waals surface area contributed by atoms with Gasteiger partial charge in [0, 0.05) is 37.8 Å². The van der Waals surface area contributed by atoms with Crippen molar-refractivity contribution < 1.29 is 14.3 Å². The van der Waals surface area contributed by atoms with Crippen LogP contribution >= 0.6 is 0 Å². The smallest absolute Gasteiger partial charge is 0.257 e. The SMILES string of the molecule is CCc1ccccc1NC(=O)c1cncc(N2CCC3(CC2)OCCO3)c1. The lowest BCUT2D eigenvalue weighted by atomic mass is 10.0. The van der Waals surface area contributed by atoms with Crippen molar-refractivity contribution in [1.82, 2.24) is 4.98 Å². The number of carbonyl (C=O) groups excluding carboxylic acids is 1. The number of aromatic nitrogens is 1. The van der Waals surface area contributed by atoms with E-state index in [9.17, 15) is 4.79 Å². The number of nitrogens with one attached hydrogen (secondary N) is 1. The molecule has 27 heavy (non-hydrogen) atoms. The number of amides is 1. The second-order valence-electron chi connectivity index (χ2n) is 6.99. The first kappa shape index (κ1) is 17.9. The minimum Gasteiger partial charge on any atom is -0.370 e. The third-order valence-electron chi connectivity index (χ3n) is 5.34. The number of ether oxygens (including phenoxy) is 2. The van der Waals surface area contributed by atoms with Crippen molar-refractivity contribution in [3.8, 4) is 0 Å². The van der Waals surface area contributed by atoms with Crippen LogP contribution in [-0.2, 0) is 15.9 Å². The van der Waals surface area contributed by atoms with Crippen molar-refractivity contribution in [2.75, 3.05) is 36.5 Å². The molecule has 2 fully saturated rings. The van der Waals surface area contributed by atoms with E-state index in [1.165, 1.54) is 0 Å². The van der Waals surface area contributed by atoms with Crippen LogP contribution in [0.5, 0.6) is 0 Å². The van der Waals surface area contributed by atoms with E-state index >= 15 is 0 Å². The van der Waals surface area contributed by atoms with Crippen molar-refractivity contribution in [3.63, 3.8) is 0 Å². The normalized spacial score (nSPS) is 18.6. The minimum atomic E-state index is -0.400. The number of carbonyl (C=O) groups is 1. The van der Waals surface area contributed by atoms with Gasteiger partial charge in [0.1, 0.15) is 0 Å². The molecule has 2 aromatic rings. The molecule has 6 nitrogen and oxygen atoms in total. The maximum absolute atomic E-state index is 12.7. The van der Waals surface area contributed by atoms with Crippen LogP contribution in [0.25, 0.3) is 0 Å². The first-order chi connectivity index (χ1) is 13.2. The maximum atomic E-state index is 12.7. The molecule has 2 aliphatic rings. The number of nitrogens with zero attached hydrogens (tertiary/aromatic N) is 2. The molecule has 1 spiro atoms. The third kappa shape index (κ3) is 3.82. The molecule has 1 aromatic carbocycles. The Kier molecular flexibility index (Phi) is 5.09. The molecule has 0 saturated carbocycles. The van der Waals surface area contributed by atoms with Gasteiger partial charge in [-0.2, -0.15) is 0 Å². The van der Waals surface area contributed by atoms with Gasteiger partial charge in [0.05, 0.1) is 30.7 Å². The van der Waals surface area contributed by atoms with Crippen LogP contribution in [0.1, 0.15) is 35.7 Å². The summed E-state index contributed by atoms with van der Waals surface area (Å²) in [5, 5.41) is 3.01. The lowest BCUT2D eigenvalue weighted by Crippen LogP contribution is -2.45. The van der Waals surface area contributed by atoms with Crippen molar-refractivity contribution in [1.29, 1.82) is 0 Å². The van der Waals surface area contributed by atoms with E-state index in [-0.39, 0.29) is 5.91 Å². The number of rotatable bonds is 4. The van der Waals surface area contributed by atoms with Gasteiger partial charge in [-0.3, -0.25) is 9.78 Å². The summed E-state index contributed by atoms with van der Waals surface area (Å²) >= 11 is 0. The Morgan fingerprint density at radius 1 is 1.19 bits per heavy atom. The summed E-state index contributed by atoms with van der Waals surface area (Å²) in [5.41, 5.74) is 3.49. The number of pyridine rings is 1. The quantitative estimate of drug-likeness (QED) is 0.899. The number of para-hydroxylation sites is 1. The summed E-state index contributed by atoms with van der Waals surface area (Å²) in [7, 11) is 0. The van der Waals surface area contributed by atoms with Gasteiger partial charge in [-0.15, -0.1) is 0 Å². The maximum Gasteiger partial charge on any atom is 0.257 e. The van der Waals surface area contributed by atoms with E-state index in [4.69, 9.17) is 9.47 Å². The van der Waals surface area contributed by atoms with Crippen LogP contribution in [0.4, 0.5) is 11.4 Å². The summed E-state index contributed by atoms with van der Waals surface area (Å²) < 4.78 is 11.6. The average Bonchev–Trinajstić information content (AvgIpc) is 3.17. The Morgan fingerprint density at radius 3 is 2.67 bits per heavy atom. The van der Waals surface area contributed by atoms with Crippen LogP contribution in [0.3, 0.4) is 0 Å². The zero-order valence-corrected chi connectivity index (χ0v) is 15.6. The molecule has 0 atom stereocenters. The second-order valence-corrected chi connectivity index (χ2v) is 6.99. The van der Waals surface area contributed by atoms with Gasteiger partial charge in [0.25, 0.3) is 5.91 Å². The highest BCUT2D eigenvalue weighted by Crippen LogP contribution is 2.33. The van der Waals surface area contributed by atoms with Crippen molar-refractivity contribution in [2.45, 2.75) is 32.0 Å². The highest BCUT2D eigenvalue weighted by molar-refractivity contribution is 6.05. The van der Waals surface area contributed by atoms with Gasteiger partial charge in [0.2, 0.25) is 0 Å². The lowest BCUT2D eigenvalue weighted by Gasteiger charge is -2.38. The number of benzene rings is 1.